The molecule has 0 radical (unpaired) electrons. The Bertz CT molecular complexity index is 891. The number of esters is 1. The molecule has 5 saturated carbocycles. The molecule has 0 aliphatic heterocycles. The minimum absolute atomic E-state index is 0.00574. The highest BCUT2D eigenvalue weighted by Crippen LogP contribution is 2.77. The lowest BCUT2D eigenvalue weighted by Gasteiger charge is -2.72. The smallest absolute Gasteiger partial charge is 0.312 e. The molecule has 198 valence electrons. The molecule has 5 aliphatic carbocycles. The Balaban J connectivity index is 1.55. The molecule has 5 rings (SSSR count). The number of allylic oxidation sites excluding steroid dienone is 1. The molecule has 0 heterocycles. The first-order valence-corrected chi connectivity index (χ1v) is 14.8. The zero-order valence-corrected chi connectivity index (χ0v) is 23.7. The van der Waals surface area contributed by atoms with Gasteiger partial charge in [0.05, 0.1) is 18.1 Å². The predicted molar refractivity (Wildman–Crippen MR) is 142 cm³/mol. The minimum Gasteiger partial charge on any atom is -0.466 e. The first kappa shape index (κ1) is 25.8. The van der Waals surface area contributed by atoms with Gasteiger partial charge in [-0.3, -0.25) is 4.79 Å². The van der Waals surface area contributed by atoms with E-state index < -0.39 is 0 Å². The van der Waals surface area contributed by atoms with Gasteiger partial charge in [0.15, 0.2) is 0 Å². The average Bonchev–Trinajstić information content (AvgIpc) is 3.19. The summed E-state index contributed by atoms with van der Waals surface area (Å²) in [5.74, 6) is 2.76. The summed E-state index contributed by atoms with van der Waals surface area (Å²) in [7, 11) is 0. The van der Waals surface area contributed by atoms with Crippen LogP contribution < -0.4 is 0 Å². The summed E-state index contributed by atoms with van der Waals surface area (Å²) in [6, 6.07) is 0. The van der Waals surface area contributed by atoms with Crippen molar-refractivity contribution < 1.29 is 14.6 Å². The van der Waals surface area contributed by atoms with Gasteiger partial charge in [0, 0.05) is 0 Å². The van der Waals surface area contributed by atoms with E-state index in [4.69, 9.17) is 4.74 Å². The molecule has 0 bridgehead atoms. The van der Waals surface area contributed by atoms with E-state index in [0.717, 1.165) is 38.5 Å². The number of carbonyl (C=O) groups is 1. The Labute approximate surface area is 214 Å². The van der Waals surface area contributed by atoms with Gasteiger partial charge in [-0.25, -0.2) is 0 Å². The first-order valence-electron chi connectivity index (χ1n) is 14.8. The molecule has 4 unspecified atom stereocenters. The number of ether oxygens (including phenoxy) is 1. The predicted octanol–water partition coefficient (Wildman–Crippen LogP) is 7.57. The van der Waals surface area contributed by atoms with Gasteiger partial charge in [0.25, 0.3) is 0 Å². The molecule has 3 heteroatoms. The average molecular weight is 485 g/mol. The summed E-state index contributed by atoms with van der Waals surface area (Å²) < 4.78 is 5.79. The summed E-state index contributed by atoms with van der Waals surface area (Å²) in [6.45, 7) is 21.6. The van der Waals surface area contributed by atoms with Gasteiger partial charge >= 0.3 is 5.97 Å². The third-order valence-electron chi connectivity index (χ3n) is 13.7. The third kappa shape index (κ3) is 3.15. The number of aliphatic hydroxyl groups excluding tert-OH is 1. The summed E-state index contributed by atoms with van der Waals surface area (Å²) >= 11 is 0. The van der Waals surface area contributed by atoms with E-state index in [-0.39, 0.29) is 33.7 Å². The number of fused-ring (bicyclic) bond motifs is 7. The van der Waals surface area contributed by atoms with Crippen molar-refractivity contribution in [3.05, 3.63) is 12.2 Å². The van der Waals surface area contributed by atoms with E-state index in [2.05, 4.69) is 48.1 Å². The third-order valence-corrected chi connectivity index (χ3v) is 13.7. The lowest BCUT2D eigenvalue weighted by molar-refractivity contribution is -0.248. The first-order chi connectivity index (χ1) is 16.3. The second-order valence-electron chi connectivity index (χ2n) is 14.9. The lowest BCUT2D eigenvalue weighted by Crippen LogP contribution is -2.67. The monoisotopic (exact) mass is 484 g/mol. The van der Waals surface area contributed by atoms with E-state index in [0.29, 0.717) is 41.6 Å². The van der Waals surface area contributed by atoms with Crippen LogP contribution >= 0.6 is 0 Å². The van der Waals surface area contributed by atoms with Crippen molar-refractivity contribution in [2.75, 3.05) is 6.61 Å². The fourth-order valence-electron chi connectivity index (χ4n) is 11.8. The molecule has 1 N–H and O–H groups in total. The van der Waals surface area contributed by atoms with Crippen molar-refractivity contribution >= 4 is 5.97 Å². The number of aliphatic hydroxyl groups is 1. The maximum absolute atomic E-state index is 13.6. The fraction of sp³-hybridized carbons (Fsp3) is 0.906. The van der Waals surface area contributed by atoms with Gasteiger partial charge in [0.2, 0.25) is 0 Å². The molecule has 0 aromatic rings. The van der Waals surface area contributed by atoms with E-state index >= 15 is 0 Å². The van der Waals surface area contributed by atoms with Crippen molar-refractivity contribution in [2.24, 2.45) is 56.7 Å². The Morgan fingerprint density at radius 2 is 1.60 bits per heavy atom. The summed E-state index contributed by atoms with van der Waals surface area (Å²) in [5.41, 5.74) is 1.78. The van der Waals surface area contributed by atoms with Crippen LogP contribution in [0.1, 0.15) is 113 Å². The summed E-state index contributed by atoms with van der Waals surface area (Å²) in [5, 5.41) is 10.9. The van der Waals surface area contributed by atoms with Crippen LogP contribution in [0.15, 0.2) is 12.2 Å². The number of hydrogen-bond acceptors (Lipinski definition) is 3. The molecule has 5 fully saturated rings. The van der Waals surface area contributed by atoms with Gasteiger partial charge in [0.1, 0.15) is 0 Å². The van der Waals surface area contributed by atoms with Crippen molar-refractivity contribution in [2.45, 2.75) is 119 Å². The van der Waals surface area contributed by atoms with Gasteiger partial charge in [-0.05, 0) is 129 Å². The molecule has 0 aromatic heterocycles. The highest BCUT2D eigenvalue weighted by molar-refractivity contribution is 5.78. The van der Waals surface area contributed by atoms with Crippen LogP contribution in [0.3, 0.4) is 0 Å². The van der Waals surface area contributed by atoms with E-state index in [1.54, 1.807) is 0 Å². The van der Waals surface area contributed by atoms with Gasteiger partial charge in [-0.1, -0.05) is 46.8 Å². The highest BCUT2D eigenvalue weighted by atomic mass is 16.5. The SMILES string of the molecule is C=C(C)[C@@H]1CC[C@]2(C(=O)OCC)CC[C@]3(C)C(CCC4[C@@]5(C)CC[C@H](O)C(C)(C)C5CC[C@]43C)C12. The van der Waals surface area contributed by atoms with Crippen LogP contribution in [0.25, 0.3) is 0 Å². The Hall–Kier alpha value is -0.830. The second kappa shape index (κ2) is 8.08. The Morgan fingerprint density at radius 3 is 2.26 bits per heavy atom. The van der Waals surface area contributed by atoms with Gasteiger partial charge < -0.3 is 9.84 Å². The van der Waals surface area contributed by atoms with Gasteiger partial charge in [-0.2, -0.15) is 0 Å². The Kier molecular flexibility index (Phi) is 5.96. The highest BCUT2D eigenvalue weighted by Gasteiger charge is 2.72. The lowest BCUT2D eigenvalue weighted by atomic mass is 9.32. The molecule has 3 nitrogen and oxygen atoms in total. The largest absolute Gasteiger partial charge is 0.466 e. The van der Waals surface area contributed by atoms with Crippen LogP contribution in [-0.2, 0) is 9.53 Å². The quantitative estimate of drug-likeness (QED) is 0.332. The van der Waals surface area contributed by atoms with Crippen LogP contribution in [0, 0.1) is 56.7 Å². The molecule has 35 heavy (non-hydrogen) atoms. The standard InChI is InChI=1S/C32H52O3/c1-9-35-27(34)32-17-12-21(20(2)3)26(32)22-10-11-24-29(6)15-14-25(33)28(4,5)23(29)13-16-31(24,8)30(22,7)18-19-32/h21-26,33H,2,9-19H2,1,3-8H3/t21-,22?,23?,24?,25-,26?,29-,30+,31+,32-/m0/s1. The second-order valence-corrected chi connectivity index (χ2v) is 14.9. The van der Waals surface area contributed by atoms with Crippen LogP contribution in [0.5, 0.6) is 0 Å². The van der Waals surface area contributed by atoms with E-state index in [1.165, 1.54) is 31.3 Å². The zero-order chi connectivity index (χ0) is 25.6. The maximum Gasteiger partial charge on any atom is 0.312 e. The normalized spacial score (nSPS) is 52.5. The van der Waals surface area contributed by atoms with Crippen LogP contribution in [-0.4, -0.2) is 23.8 Å². The molecule has 0 aromatic carbocycles. The fourth-order valence-corrected chi connectivity index (χ4v) is 11.8. The van der Waals surface area contributed by atoms with Crippen LogP contribution in [0.4, 0.5) is 0 Å². The van der Waals surface area contributed by atoms with E-state index in [1.807, 2.05) is 6.92 Å². The number of hydrogen-bond donors (Lipinski definition) is 1. The molecule has 0 saturated heterocycles. The zero-order valence-electron chi connectivity index (χ0n) is 23.7. The van der Waals surface area contributed by atoms with Gasteiger partial charge in [-0.15, -0.1) is 0 Å². The molecular weight excluding hydrogens is 432 g/mol. The number of rotatable bonds is 3. The Morgan fingerprint density at radius 1 is 0.886 bits per heavy atom. The topological polar surface area (TPSA) is 46.5 Å². The molecule has 10 atom stereocenters. The summed E-state index contributed by atoms with van der Waals surface area (Å²) in [4.78, 5) is 13.6. The minimum atomic E-state index is -0.301. The van der Waals surface area contributed by atoms with Crippen molar-refractivity contribution in [3.8, 4) is 0 Å². The van der Waals surface area contributed by atoms with E-state index in [9.17, 15) is 9.90 Å². The van der Waals surface area contributed by atoms with Crippen molar-refractivity contribution in [1.29, 1.82) is 0 Å². The van der Waals surface area contributed by atoms with Crippen molar-refractivity contribution in [1.82, 2.24) is 0 Å². The molecule has 0 amide bonds. The maximum atomic E-state index is 13.6. The summed E-state index contributed by atoms with van der Waals surface area (Å²) in [6.07, 6.45) is 11.1. The van der Waals surface area contributed by atoms with Crippen molar-refractivity contribution in [3.63, 3.8) is 0 Å². The number of carbonyl (C=O) groups excluding carboxylic acids is 1. The molecular formula is C32H52O3. The molecule has 0 spiro atoms. The van der Waals surface area contributed by atoms with Crippen LogP contribution in [0.2, 0.25) is 0 Å². The molecule has 5 aliphatic rings.